The molecule has 1 fully saturated rings. The minimum absolute atomic E-state index is 0.629. The zero-order valence-electron chi connectivity index (χ0n) is 12.9. The second-order valence-electron chi connectivity index (χ2n) is 5.74. The van der Waals surface area contributed by atoms with E-state index >= 15 is 0 Å². The summed E-state index contributed by atoms with van der Waals surface area (Å²) in [5, 5.41) is 3.67. The highest BCUT2D eigenvalue weighted by atomic mass is 15.2. The van der Waals surface area contributed by atoms with Gasteiger partial charge in [-0.15, -0.1) is 0 Å². The Morgan fingerprint density at radius 1 is 1.22 bits per heavy atom. The fourth-order valence-electron chi connectivity index (χ4n) is 2.80. The van der Waals surface area contributed by atoms with E-state index in [1.54, 1.807) is 0 Å². The third kappa shape index (κ3) is 5.25. The van der Waals surface area contributed by atoms with Gasteiger partial charge in [0, 0.05) is 25.2 Å². The van der Waals surface area contributed by atoms with Crippen molar-refractivity contribution in [2.24, 2.45) is 0 Å². The number of likely N-dealkylation sites (tertiary alicyclic amines) is 1. The molecule has 1 heterocycles. The van der Waals surface area contributed by atoms with Gasteiger partial charge < -0.3 is 15.1 Å². The Morgan fingerprint density at radius 3 is 2.44 bits per heavy atom. The molecule has 0 aliphatic carbocycles. The predicted molar refractivity (Wildman–Crippen MR) is 80.1 cm³/mol. The van der Waals surface area contributed by atoms with Crippen LogP contribution in [0.5, 0.6) is 0 Å². The molecule has 18 heavy (non-hydrogen) atoms. The van der Waals surface area contributed by atoms with E-state index in [9.17, 15) is 0 Å². The minimum atomic E-state index is 0.629. The molecule has 1 aliphatic rings. The van der Waals surface area contributed by atoms with E-state index in [0.717, 1.165) is 6.54 Å². The van der Waals surface area contributed by atoms with Crippen LogP contribution in [0.2, 0.25) is 0 Å². The molecule has 0 spiro atoms. The van der Waals surface area contributed by atoms with Gasteiger partial charge >= 0.3 is 0 Å². The lowest BCUT2D eigenvalue weighted by Gasteiger charge is -2.33. The van der Waals surface area contributed by atoms with Crippen molar-refractivity contribution in [1.29, 1.82) is 0 Å². The Hall–Kier alpha value is -0.120. The van der Waals surface area contributed by atoms with Crippen molar-refractivity contribution in [3.05, 3.63) is 0 Å². The molecular weight excluding hydrogens is 222 g/mol. The molecule has 1 N–H and O–H groups in total. The van der Waals surface area contributed by atoms with Crippen LogP contribution in [0.25, 0.3) is 0 Å². The lowest BCUT2D eigenvalue weighted by Crippen LogP contribution is -2.48. The van der Waals surface area contributed by atoms with Gasteiger partial charge in [-0.1, -0.05) is 13.8 Å². The summed E-state index contributed by atoms with van der Waals surface area (Å²) in [6.07, 6.45) is 5.24. The van der Waals surface area contributed by atoms with Crippen LogP contribution in [-0.2, 0) is 0 Å². The molecule has 0 bridgehead atoms. The first kappa shape index (κ1) is 15.9. The first-order valence-electron chi connectivity index (χ1n) is 7.85. The molecule has 0 aromatic rings. The van der Waals surface area contributed by atoms with Gasteiger partial charge in [0.1, 0.15) is 0 Å². The van der Waals surface area contributed by atoms with Gasteiger partial charge in [0.15, 0.2) is 0 Å². The van der Waals surface area contributed by atoms with Crippen LogP contribution >= 0.6 is 0 Å². The van der Waals surface area contributed by atoms with Crippen LogP contribution in [-0.4, -0.2) is 61.7 Å². The van der Waals surface area contributed by atoms with Crippen molar-refractivity contribution in [1.82, 2.24) is 15.1 Å². The monoisotopic (exact) mass is 255 g/mol. The molecule has 0 aromatic heterocycles. The van der Waals surface area contributed by atoms with Gasteiger partial charge in [0.25, 0.3) is 0 Å². The van der Waals surface area contributed by atoms with E-state index in [1.165, 1.54) is 51.9 Å². The Bertz CT molecular complexity index is 202. The third-order valence-corrected chi connectivity index (χ3v) is 4.34. The molecule has 1 aliphatic heterocycles. The predicted octanol–water partition coefficient (Wildman–Crippen LogP) is 2.18. The zero-order valence-corrected chi connectivity index (χ0v) is 12.9. The minimum Gasteiger partial charge on any atom is -0.312 e. The number of nitrogens with zero attached hydrogens (tertiary/aromatic N) is 2. The number of hydrogen-bond donors (Lipinski definition) is 1. The highest BCUT2D eigenvalue weighted by molar-refractivity contribution is 4.79. The van der Waals surface area contributed by atoms with Crippen molar-refractivity contribution < 1.29 is 0 Å². The summed E-state index contributed by atoms with van der Waals surface area (Å²) in [5.74, 6) is 0. The Labute approximate surface area is 114 Å². The lowest BCUT2D eigenvalue weighted by molar-refractivity contribution is 0.178. The number of rotatable bonds is 9. The standard InChI is InChI=1S/C15H33N3/c1-5-9-16-15(6-2)14(3)17(4)12-13-18-10-7-8-11-18/h14-16H,5-13H2,1-4H3. The van der Waals surface area contributed by atoms with Crippen molar-refractivity contribution in [3.8, 4) is 0 Å². The van der Waals surface area contributed by atoms with E-state index in [1.807, 2.05) is 0 Å². The van der Waals surface area contributed by atoms with Gasteiger partial charge in [-0.05, 0) is 59.3 Å². The second kappa shape index (κ2) is 8.89. The third-order valence-electron chi connectivity index (χ3n) is 4.34. The molecule has 1 saturated heterocycles. The first-order valence-corrected chi connectivity index (χ1v) is 7.85. The molecule has 2 atom stereocenters. The Kier molecular flexibility index (Phi) is 7.87. The normalized spacial score (nSPS) is 20.5. The van der Waals surface area contributed by atoms with E-state index in [2.05, 4.69) is 42.9 Å². The highest BCUT2D eigenvalue weighted by Gasteiger charge is 2.20. The van der Waals surface area contributed by atoms with Crippen LogP contribution in [0.4, 0.5) is 0 Å². The van der Waals surface area contributed by atoms with E-state index in [0.29, 0.717) is 12.1 Å². The van der Waals surface area contributed by atoms with Crippen molar-refractivity contribution >= 4 is 0 Å². The largest absolute Gasteiger partial charge is 0.312 e. The molecule has 3 heteroatoms. The topological polar surface area (TPSA) is 18.5 Å². The van der Waals surface area contributed by atoms with Gasteiger partial charge in [-0.2, -0.15) is 0 Å². The Morgan fingerprint density at radius 2 is 1.89 bits per heavy atom. The molecule has 0 saturated carbocycles. The summed E-state index contributed by atoms with van der Waals surface area (Å²) in [6, 6.07) is 1.26. The van der Waals surface area contributed by atoms with Gasteiger partial charge in [-0.3, -0.25) is 0 Å². The average Bonchev–Trinajstić information content (AvgIpc) is 2.89. The van der Waals surface area contributed by atoms with Crippen LogP contribution in [0.1, 0.15) is 46.5 Å². The van der Waals surface area contributed by atoms with Gasteiger partial charge in [-0.25, -0.2) is 0 Å². The number of nitrogens with one attached hydrogen (secondary N) is 1. The highest BCUT2D eigenvalue weighted by Crippen LogP contribution is 2.09. The van der Waals surface area contributed by atoms with Gasteiger partial charge in [0.05, 0.1) is 0 Å². The van der Waals surface area contributed by atoms with Crippen molar-refractivity contribution in [2.75, 3.05) is 39.8 Å². The molecule has 0 aromatic carbocycles. The summed E-state index contributed by atoms with van der Waals surface area (Å²) in [7, 11) is 2.27. The molecule has 0 radical (unpaired) electrons. The summed E-state index contributed by atoms with van der Waals surface area (Å²) < 4.78 is 0. The van der Waals surface area contributed by atoms with Crippen molar-refractivity contribution in [3.63, 3.8) is 0 Å². The maximum Gasteiger partial charge on any atom is 0.0218 e. The molecule has 2 unspecified atom stereocenters. The smallest absolute Gasteiger partial charge is 0.0218 e. The maximum absolute atomic E-state index is 3.67. The SMILES string of the molecule is CCCNC(CC)C(C)N(C)CCN1CCCC1. The lowest BCUT2D eigenvalue weighted by atomic mass is 10.1. The van der Waals surface area contributed by atoms with Crippen molar-refractivity contribution in [2.45, 2.75) is 58.5 Å². The van der Waals surface area contributed by atoms with E-state index in [4.69, 9.17) is 0 Å². The fraction of sp³-hybridized carbons (Fsp3) is 1.00. The summed E-state index contributed by atoms with van der Waals surface area (Å²) >= 11 is 0. The quantitative estimate of drug-likeness (QED) is 0.681. The van der Waals surface area contributed by atoms with Crippen LogP contribution in [0.3, 0.4) is 0 Å². The Balaban J connectivity index is 2.26. The first-order chi connectivity index (χ1) is 8.69. The van der Waals surface area contributed by atoms with Crippen LogP contribution in [0, 0.1) is 0 Å². The summed E-state index contributed by atoms with van der Waals surface area (Å²) in [5.41, 5.74) is 0. The number of likely N-dealkylation sites (N-methyl/N-ethyl adjacent to an activating group) is 1. The molecule has 1 rings (SSSR count). The maximum atomic E-state index is 3.67. The summed E-state index contributed by atoms with van der Waals surface area (Å²) in [6.45, 7) is 13.1. The van der Waals surface area contributed by atoms with E-state index in [-0.39, 0.29) is 0 Å². The van der Waals surface area contributed by atoms with E-state index < -0.39 is 0 Å². The van der Waals surface area contributed by atoms with Crippen LogP contribution < -0.4 is 5.32 Å². The number of hydrogen-bond acceptors (Lipinski definition) is 3. The second-order valence-corrected chi connectivity index (χ2v) is 5.74. The fourth-order valence-corrected chi connectivity index (χ4v) is 2.80. The molecule has 0 amide bonds. The molecule has 3 nitrogen and oxygen atoms in total. The van der Waals surface area contributed by atoms with Gasteiger partial charge in [0.2, 0.25) is 0 Å². The van der Waals surface area contributed by atoms with Crippen LogP contribution in [0.15, 0.2) is 0 Å². The molecular formula is C15H33N3. The molecule has 108 valence electrons. The average molecular weight is 255 g/mol. The zero-order chi connectivity index (χ0) is 13.4. The summed E-state index contributed by atoms with van der Waals surface area (Å²) in [4.78, 5) is 5.12.